The second-order valence-electron chi connectivity index (χ2n) is 4.35. The molecule has 1 aliphatic rings. The van der Waals surface area contributed by atoms with E-state index in [0.29, 0.717) is 24.7 Å². The molecule has 0 aromatic heterocycles. The molecular formula is C12H15NO4. The fourth-order valence-electron chi connectivity index (χ4n) is 1.81. The second kappa shape index (κ2) is 4.25. The van der Waals surface area contributed by atoms with Gasteiger partial charge in [0.05, 0.1) is 6.42 Å². The average molecular weight is 237 g/mol. The average Bonchev–Trinajstić information content (AvgIpc) is 2.26. The number of fused-ring (bicyclic) bond motifs is 1. The molecule has 1 aliphatic heterocycles. The Labute approximate surface area is 99.1 Å². The minimum Gasteiger partial charge on any atom is -0.486 e. The van der Waals surface area contributed by atoms with Gasteiger partial charge in [-0.1, -0.05) is 6.07 Å². The van der Waals surface area contributed by atoms with Crippen LogP contribution in [-0.2, 0) is 10.3 Å². The Morgan fingerprint density at radius 3 is 2.71 bits per heavy atom. The van der Waals surface area contributed by atoms with Crippen LogP contribution in [0.4, 0.5) is 0 Å². The maximum absolute atomic E-state index is 10.7. The summed E-state index contributed by atoms with van der Waals surface area (Å²) in [5.41, 5.74) is 5.81. The highest BCUT2D eigenvalue weighted by Crippen LogP contribution is 2.34. The number of hydrogen-bond acceptors (Lipinski definition) is 4. The Morgan fingerprint density at radius 2 is 2.06 bits per heavy atom. The zero-order valence-electron chi connectivity index (χ0n) is 9.60. The van der Waals surface area contributed by atoms with Crippen LogP contribution in [0.25, 0.3) is 0 Å². The van der Waals surface area contributed by atoms with E-state index >= 15 is 0 Å². The van der Waals surface area contributed by atoms with Gasteiger partial charge in [0.25, 0.3) is 0 Å². The van der Waals surface area contributed by atoms with Gasteiger partial charge in [-0.25, -0.2) is 0 Å². The minimum absolute atomic E-state index is 0.132. The highest BCUT2D eigenvalue weighted by atomic mass is 16.6. The van der Waals surface area contributed by atoms with Crippen LogP contribution in [0.1, 0.15) is 18.9 Å². The molecule has 0 saturated heterocycles. The summed E-state index contributed by atoms with van der Waals surface area (Å²) in [5, 5.41) is 8.81. The maximum atomic E-state index is 10.7. The normalized spacial score (nSPS) is 17.3. The monoisotopic (exact) mass is 237 g/mol. The molecule has 1 aromatic carbocycles. The molecule has 0 bridgehead atoms. The van der Waals surface area contributed by atoms with Gasteiger partial charge in [-0.15, -0.1) is 0 Å². The Balaban J connectivity index is 2.30. The molecule has 5 nitrogen and oxygen atoms in total. The van der Waals surface area contributed by atoms with Crippen molar-refractivity contribution in [2.24, 2.45) is 5.73 Å². The van der Waals surface area contributed by atoms with Crippen molar-refractivity contribution in [1.82, 2.24) is 0 Å². The summed E-state index contributed by atoms with van der Waals surface area (Å²) in [6, 6.07) is 5.28. The molecule has 1 unspecified atom stereocenters. The lowest BCUT2D eigenvalue weighted by Crippen LogP contribution is -2.35. The van der Waals surface area contributed by atoms with Crippen molar-refractivity contribution in [2.75, 3.05) is 13.2 Å². The van der Waals surface area contributed by atoms with Crippen LogP contribution in [0, 0.1) is 0 Å². The second-order valence-corrected chi connectivity index (χ2v) is 4.35. The van der Waals surface area contributed by atoms with Gasteiger partial charge >= 0.3 is 5.97 Å². The van der Waals surface area contributed by atoms with Gasteiger partial charge < -0.3 is 20.3 Å². The lowest BCUT2D eigenvalue weighted by atomic mass is 9.89. The summed E-state index contributed by atoms with van der Waals surface area (Å²) >= 11 is 0. The van der Waals surface area contributed by atoms with Gasteiger partial charge in [-0.05, 0) is 24.6 Å². The zero-order chi connectivity index (χ0) is 12.5. The van der Waals surface area contributed by atoms with Gasteiger partial charge in [0.2, 0.25) is 0 Å². The van der Waals surface area contributed by atoms with Crippen LogP contribution < -0.4 is 15.2 Å². The predicted octanol–water partition coefficient (Wildman–Crippen LogP) is 1.11. The quantitative estimate of drug-likeness (QED) is 0.822. The summed E-state index contributed by atoms with van der Waals surface area (Å²) < 4.78 is 10.8. The molecule has 0 aliphatic carbocycles. The molecule has 0 saturated carbocycles. The lowest BCUT2D eigenvalue weighted by Gasteiger charge is -2.26. The number of carboxylic acids is 1. The highest BCUT2D eigenvalue weighted by molar-refractivity contribution is 5.69. The van der Waals surface area contributed by atoms with Crippen molar-refractivity contribution in [3.8, 4) is 11.5 Å². The van der Waals surface area contributed by atoms with E-state index in [-0.39, 0.29) is 6.42 Å². The van der Waals surface area contributed by atoms with Crippen LogP contribution in [0.3, 0.4) is 0 Å². The number of ether oxygens (including phenoxy) is 2. The van der Waals surface area contributed by atoms with Crippen molar-refractivity contribution in [2.45, 2.75) is 18.9 Å². The number of carbonyl (C=O) groups is 1. The standard InChI is InChI=1S/C12H15NO4/c1-12(13,7-11(14)15)8-2-3-9-10(6-8)17-5-4-16-9/h2-3,6H,4-5,7,13H2,1H3,(H,14,15). The molecule has 1 atom stereocenters. The van der Waals surface area contributed by atoms with Gasteiger partial charge in [0.15, 0.2) is 11.5 Å². The SMILES string of the molecule is CC(N)(CC(=O)O)c1ccc2c(c1)OCCO2. The van der Waals surface area contributed by atoms with Crippen LogP contribution >= 0.6 is 0 Å². The number of rotatable bonds is 3. The number of nitrogens with two attached hydrogens (primary N) is 1. The molecule has 0 spiro atoms. The summed E-state index contributed by atoms with van der Waals surface area (Å²) in [5.74, 6) is 0.367. The first-order valence-corrected chi connectivity index (χ1v) is 5.40. The van der Waals surface area contributed by atoms with Crippen molar-refractivity contribution in [1.29, 1.82) is 0 Å². The van der Waals surface area contributed by atoms with Crippen molar-refractivity contribution >= 4 is 5.97 Å². The molecule has 17 heavy (non-hydrogen) atoms. The Hall–Kier alpha value is -1.75. The van der Waals surface area contributed by atoms with Gasteiger partial charge in [-0.2, -0.15) is 0 Å². The molecule has 0 amide bonds. The largest absolute Gasteiger partial charge is 0.486 e. The third-order valence-corrected chi connectivity index (χ3v) is 2.72. The molecule has 1 aromatic rings. The van der Waals surface area contributed by atoms with Crippen LogP contribution in [0.15, 0.2) is 18.2 Å². The molecule has 1 heterocycles. The van der Waals surface area contributed by atoms with E-state index in [1.54, 1.807) is 25.1 Å². The van der Waals surface area contributed by atoms with E-state index in [0.717, 1.165) is 5.56 Å². The fraction of sp³-hybridized carbons (Fsp3) is 0.417. The maximum Gasteiger partial charge on any atom is 0.305 e. The predicted molar refractivity (Wildman–Crippen MR) is 61.2 cm³/mol. The van der Waals surface area contributed by atoms with E-state index < -0.39 is 11.5 Å². The number of carboxylic acid groups (broad SMARTS) is 1. The Morgan fingerprint density at radius 1 is 1.41 bits per heavy atom. The molecule has 3 N–H and O–H groups in total. The lowest BCUT2D eigenvalue weighted by molar-refractivity contribution is -0.138. The fourth-order valence-corrected chi connectivity index (χ4v) is 1.81. The van der Waals surface area contributed by atoms with Crippen LogP contribution in [0.5, 0.6) is 11.5 Å². The number of aliphatic carboxylic acids is 1. The van der Waals surface area contributed by atoms with Crippen molar-refractivity contribution in [3.05, 3.63) is 23.8 Å². The third kappa shape index (κ3) is 2.50. The first kappa shape index (κ1) is 11.7. The van der Waals surface area contributed by atoms with Crippen molar-refractivity contribution < 1.29 is 19.4 Å². The molecule has 5 heteroatoms. The van der Waals surface area contributed by atoms with E-state index in [1.165, 1.54) is 0 Å². The first-order chi connectivity index (χ1) is 7.99. The van der Waals surface area contributed by atoms with Gasteiger partial charge in [0, 0.05) is 5.54 Å². The van der Waals surface area contributed by atoms with Gasteiger partial charge in [-0.3, -0.25) is 4.79 Å². The Kier molecular flexibility index (Phi) is 2.93. The Bertz CT molecular complexity index is 442. The first-order valence-electron chi connectivity index (χ1n) is 5.40. The topological polar surface area (TPSA) is 81.8 Å². The number of hydrogen-bond donors (Lipinski definition) is 2. The van der Waals surface area contributed by atoms with Crippen molar-refractivity contribution in [3.63, 3.8) is 0 Å². The van der Waals surface area contributed by atoms with E-state index in [4.69, 9.17) is 20.3 Å². The van der Waals surface area contributed by atoms with Crippen LogP contribution in [0.2, 0.25) is 0 Å². The minimum atomic E-state index is -0.926. The van der Waals surface area contributed by atoms with E-state index in [1.807, 2.05) is 0 Å². The molecule has 0 fully saturated rings. The summed E-state index contributed by atoms with van der Waals surface area (Å²) in [6.45, 7) is 2.71. The highest BCUT2D eigenvalue weighted by Gasteiger charge is 2.26. The van der Waals surface area contributed by atoms with Gasteiger partial charge in [0.1, 0.15) is 13.2 Å². The smallest absolute Gasteiger partial charge is 0.305 e. The van der Waals surface area contributed by atoms with Crippen LogP contribution in [-0.4, -0.2) is 24.3 Å². The van der Waals surface area contributed by atoms with E-state index in [2.05, 4.69) is 0 Å². The number of benzene rings is 1. The molecule has 92 valence electrons. The molecule has 0 radical (unpaired) electrons. The third-order valence-electron chi connectivity index (χ3n) is 2.72. The molecular weight excluding hydrogens is 222 g/mol. The molecule has 2 rings (SSSR count). The van der Waals surface area contributed by atoms with E-state index in [9.17, 15) is 4.79 Å². The zero-order valence-corrected chi connectivity index (χ0v) is 9.60. The summed E-state index contributed by atoms with van der Waals surface area (Å²) in [6.07, 6.45) is -0.132. The summed E-state index contributed by atoms with van der Waals surface area (Å²) in [7, 11) is 0. The summed E-state index contributed by atoms with van der Waals surface area (Å²) in [4.78, 5) is 10.7.